The number of hydrogen-bond donors (Lipinski definition) is 2. The Bertz CT molecular complexity index is 843. The molecule has 0 fully saturated rings. The van der Waals surface area contributed by atoms with Crippen LogP contribution in [0.25, 0.3) is 0 Å². The van der Waals surface area contributed by atoms with Gasteiger partial charge in [0.25, 0.3) is 0 Å². The minimum Gasteiger partial charge on any atom is -0.490 e. The number of carboxylic acids is 1. The van der Waals surface area contributed by atoms with Gasteiger partial charge in [-0.05, 0) is 55.0 Å². The molecule has 2 aromatic rings. The van der Waals surface area contributed by atoms with Crippen molar-refractivity contribution in [2.24, 2.45) is 5.10 Å². The van der Waals surface area contributed by atoms with Gasteiger partial charge >= 0.3 is 5.97 Å². The molecule has 9 heteroatoms. The Morgan fingerprint density at radius 1 is 1.18 bits per heavy atom. The van der Waals surface area contributed by atoms with Crippen LogP contribution in [-0.4, -0.2) is 42.2 Å². The molecule has 0 aromatic heterocycles. The lowest BCUT2D eigenvalue weighted by molar-refractivity contribution is -0.139. The van der Waals surface area contributed by atoms with Gasteiger partial charge in [0, 0.05) is 9.92 Å². The first kappa shape index (κ1) is 21.6. The number of halogens is 1. The van der Waals surface area contributed by atoms with Crippen LogP contribution >= 0.6 is 23.4 Å². The van der Waals surface area contributed by atoms with Gasteiger partial charge < -0.3 is 14.6 Å². The van der Waals surface area contributed by atoms with Crippen molar-refractivity contribution in [1.82, 2.24) is 5.43 Å². The van der Waals surface area contributed by atoms with E-state index >= 15 is 0 Å². The molecule has 0 unspecified atom stereocenters. The van der Waals surface area contributed by atoms with Crippen molar-refractivity contribution < 1.29 is 24.2 Å². The van der Waals surface area contributed by atoms with Crippen molar-refractivity contribution in [3.63, 3.8) is 0 Å². The lowest BCUT2D eigenvalue weighted by atomic mass is 10.2. The fourth-order valence-electron chi connectivity index (χ4n) is 2.02. The maximum atomic E-state index is 11.9. The average Bonchev–Trinajstić information content (AvgIpc) is 2.67. The molecule has 2 N–H and O–H groups in total. The van der Waals surface area contributed by atoms with E-state index in [1.165, 1.54) is 18.0 Å². The SMILES string of the molecule is CCOc1cc(/C=N\NC(=O)CSc2ccc(Cl)cc2)ccc1OCC(=O)O. The largest absolute Gasteiger partial charge is 0.490 e. The maximum absolute atomic E-state index is 11.9. The quantitative estimate of drug-likeness (QED) is 0.346. The molecule has 0 aliphatic heterocycles. The van der Waals surface area contributed by atoms with E-state index in [-0.39, 0.29) is 11.7 Å². The van der Waals surface area contributed by atoms with Crippen molar-refractivity contribution in [2.75, 3.05) is 19.0 Å². The molecular weight excluding hydrogens is 404 g/mol. The Morgan fingerprint density at radius 3 is 2.61 bits per heavy atom. The Labute approximate surface area is 171 Å². The van der Waals surface area contributed by atoms with Gasteiger partial charge in [0.05, 0.1) is 18.6 Å². The summed E-state index contributed by atoms with van der Waals surface area (Å²) in [6, 6.07) is 12.1. The number of aliphatic carboxylic acids is 1. The number of carbonyl (C=O) groups is 2. The number of hydrogen-bond acceptors (Lipinski definition) is 6. The van der Waals surface area contributed by atoms with E-state index in [2.05, 4.69) is 10.5 Å². The minimum atomic E-state index is -1.08. The highest BCUT2D eigenvalue weighted by molar-refractivity contribution is 8.00. The number of hydrazone groups is 1. The summed E-state index contributed by atoms with van der Waals surface area (Å²) in [6.07, 6.45) is 1.47. The van der Waals surface area contributed by atoms with Crippen molar-refractivity contribution in [3.05, 3.63) is 53.1 Å². The van der Waals surface area contributed by atoms with Crippen LogP contribution in [0.3, 0.4) is 0 Å². The first-order valence-electron chi connectivity index (χ1n) is 8.29. The van der Waals surface area contributed by atoms with Gasteiger partial charge in [-0.15, -0.1) is 11.8 Å². The third-order valence-corrected chi connectivity index (χ3v) is 4.47. The number of ether oxygens (including phenoxy) is 2. The first-order valence-corrected chi connectivity index (χ1v) is 9.66. The summed E-state index contributed by atoms with van der Waals surface area (Å²) in [4.78, 5) is 23.4. The number of rotatable bonds is 10. The summed E-state index contributed by atoms with van der Waals surface area (Å²) in [6.45, 7) is 1.73. The second-order valence-corrected chi connectivity index (χ2v) is 6.84. The molecule has 1 amide bonds. The normalized spacial score (nSPS) is 10.6. The summed E-state index contributed by atoms with van der Waals surface area (Å²) >= 11 is 7.20. The number of amides is 1. The fourth-order valence-corrected chi connectivity index (χ4v) is 2.84. The van der Waals surface area contributed by atoms with Crippen molar-refractivity contribution in [1.29, 1.82) is 0 Å². The van der Waals surface area contributed by atoms with Crippen molar-refractivity contribution in [3.8, 4) is 11.5 Å². The summed E-state index contributed by atoms with van der Waals surface area (Å²) < 4.78 is 10.6. The average molecular weight is 423 g/mol. The lowest BCUT2D eigenvalue weighted by Crippen LogP contribution is -2.19. The van der Waals surface area contributed by atoms with Crippen LogP contribution in [-0.2, 0) is 9.59 Å². The molecular formula is C19H19ClN2O5S. The van der Waals surface area contributed by atoms with Crippen LogP contribution < -0.4 is 14.9 Å². The molecule has 0 saturated carbocycles. The number of thioether (sulfide) groups is 1. The molecule has 0 bridgehead atoms. The summed E-state index contributed by atoms with van der Waals surface area (Å²) in [5.74, 6) is -0.387. The third-order valence-electron chi connectivity index (χ3n) is 3.21. The van der Waals surface area contributed by atoms with E-state index in [0.29, 0.717) is 28.7 Å². The van der Waals surface area contributed by atoms with E-state index in [1.807, 2.05) is 12.1 Å². The fraction of sp³-hybridized carbons (Fsp3) is 0.211. The first-order chi connectivity index (χ1) is 13.5. The Kier molecular flexibility index (Phi) is 8.64. The zero-order valence-electron chi connectivity index (χ0n) is 15.1. The van der Waals surface area contributed by atoms with Crippen LogP contribution in [0, 0.1) is 0 Å². The highest BCUT2D eigenvalue weighted by atomic mass is 35.5. The van der Waals surface area contributed by atoms with E-state index in [1.54, 1.807) is 37.3 Å². The van der Waals surface area contributed by atoms with E-state index < -0.39 is 12.6 Å². The van der Waals surface area contributed by atoms with Crippen molar-refractivity contribution in [2.45, 2.75) is 11.8 Å². The van der Waals surface area contributed by atoms with Crippen molar-refractivity contribution >= 4 is 41.5 Å². The van der Waals surface area contributed by atoms with Gasteiger partial charge in [0.15, 0.2) is 18.1 Å². The van der Waals surface area contributed by atoms with E-state index in [4.69, 9.17) is 26.2 Å². The van der Waals surface area contributed by atoms with Crippen LogP contribution in [0.5, 0.6) is 11.5 Å². The number of carboxylic acid groups (broad SMARTS) is 1. The van der Waals surface area contributed by atoms with E-state index in [9.17, 15) is 9.59 Å². The number of benzene rings is 2. The molecule has 148 valence electrons. The second kappa shape index (κ2) is 11.2. The molecule has 0 aliphatic carbocycles. The van der Waals surface area contributed by atoms with Gasteiger partial charge in [-0.25, -0.2) is 10.2 Å². The topological polar surface area (TPSA) is 97.2 Å². The second-order valence-electron chi connectivity index (χ2n) is 5.36. The molecule has 0 heterocycles. The molecule has 0 atom stereocenters. The molecule has 0 radical (unpaired) electrons. The Hall–Kier alpha value is -2.71. The van der Waals surface area contributed by atoms with Crippen LogP contribution in [0.15, 0.2) is 52.5 Å². The zero-order chi connectivity index (χ0) is 20.4. The smallest absolute Gasteiger partial charge is 0.341 e. The van der Waals surface area contributed by atoms with Crippen LogP contribution in [0.4, 0.5) is 0 Å². The highest BCUT2D eigenvalue weighted by Gasteiger charge is 2.08. The maximum Gasteiger partial charge on any atom is 0.341 e. The summed E-state index contributed by atoms with van der Waals surface area (Å²) in [5, 5.41) is 13.3. The van der Waals surface area contributed by atoms with Gasteiger partial charge in [-0.2, -0.15) is 5.10 Å². The molecule has 2 rings (SSSR count). The molecule has 28 heavy (non-hydrogen) atoms. The zero-order valence-corrected chi connectivity index (χ0v) is 16.6. The number of nitrogens with one attached hydrogen (secondary N) is 1. The number of carbonyl (C=O) groups excluding carboxylic acids is 1. The molecule has 2 aromatic carbocycles. The van der Waals surface area contributed by atoms with Gasteiger partial charge in [-0.3, -0.25) is 4.79 Å². The minimum absolute atomic E-state index is 0.213. The molecule has 0 spiro atoms. The van der Waals surface area contributed by atoms with Gasteiger partial charge in [-0.1, -0.05) is 11.6 Å². The summed E-state index contributed by atoms with van der Waals surface area (Å²) in [5.41, 5.74) is 3.12. The summed E-state index contributed by atoms with van der Waals surface area (Å²) in [7, 11) is 0. The van der Waals surface area contributed by atoms with E-state index in [0.717, 1.165) is 4.90 Å². The molecule has 0 saturated heterocycles. The number of nitrogens with zero attached hydrogens (tertiary/aromatic N) is 1. The molecule has 0 aliphatic rings. The Balaban J connectivity index is 1.89. The van der Waals surface area contributed by atoms with Gasteiger partial charge in [0.2, 0.25) is 5.91 Å². The lowest BCUT2D eigenvalue weighted by Gasteiger charge is -2.11. The predicted molar refractivity (Wildman–Crippen MR) is 109 cm³/mol. The predicted octanol–water partition coefficient (Wildman–Crippen LogP) is 3.44. The molecule has 7 nitrogen and oxygen atoms in total. The van der Waals surface area contributed by atoms with Gasteiger partial charge in [0.1, 0.15) is 0 Å². The Morgan fingerprint density at radius 2 is 1.93 bits per heavy atom. The third kappa shape index (κ3) is 7.50. The van der Waals surface area contributed by atoms with Crippen LogP contribution in [0.1, 0.15) is 12.5 Å². The highest BCUT2D eigenvalue weighted by Crippen LogP contribution is 2.28. The standard InChI is InChI=1S/C19H19ClN2O5S/c1-2-26-17-9-13(3-8-16(17)27-11-19(24)25)10-21-22-18(23)12-28-15-6-4-14(20)5-7-15/h3-10H,2,11-12H2,1H3,(H,22,23)(H,24,25)/b21-10-. The monoisotopic (exact) mass is 422 g/mol. The van der Waals surface area contributed by atoms with Crippen LogP contribution in [0.2, 0.25) is 5.02 Å².